The Morgan fingerprint density at radius 1 is 0.966 bits per heavy atom. The minimum Gasteiger partial charge on any atom is -0.355 e. The van der Waals surface area contributed by atoms with Crippen molar-refractivity contribution in [3.05, 3.63) is 76.2 Å². The predicted octanol–water partition coefficient (Wildman–Crippen LogP) is 3.77. The second kappa shape index (κ2) is 11.3. The van der Waals surface area contributed by atoms with Crippen LogP contribution in [-0.4, -0.2) is 34.3 Å². The smallest absolute Gasteiger partial charge is 0.286 e. The van der Waals surface area contributed by atoms with E-state index in [1.807, 2.05) is 48.5 Å². The Balaban J connectivity index is 1.32. The molecule has 3 rings (SSSR count). The molecule has 3 aromatic rings. The second-order valence-corrected chi connectivity index (χ2v) is 8.30. The number of hydrogen-bond acceptors (Lipinski definition) is 6. The molecule has 0 saturated carbocycles. The average Bonchev–Trinajstić information content (AvgIpc) is 3.22. The third kappa shape index (κ3) is 7.32. The number of hydrogen-bond donors (Lipinski definition) is 2. The molecule has 8 heteroatoms. The molecule has 150 valence electrons. The third-order valence-electron chi connectivity index (χ3n) is 3.96. The summed E-state index contributed by atoms with van der Waals surface area (Å²) >= 11 is 2.71. The maximum absolute atomic E-state index is 12.2. The molecule has 0 unspecified atom stereocenters. The van der Waals surface area contributed by atoms with Crippen molar-refractivity contribution in [1.82, 2.24) is 15.5 Å². The van der Waals surface area contributed by atoms with Crippen LogP contribution in [0.2, 0.25) is 0 Å². The van der Waals surface area contributed by atoms with Crippen LogP contribution in [0.15, 0.2) is 60.7 Å². The van der Waals surface area contributed by atoms with Crippen molar-refractivity contribution in [2.45, 2.75) is 18.6 Å². The highest BCUT2D eigenvalue weighted by Crippen LogP contribution is 2.18. The van der Waals surface area contributed by atoms with Crippen molar-refractivity contribution in [2.24, 2.45) is 0 Å². The Hall–Kier alpha value is -2.71. The Bertz CT molecular complexity index is 917. The number of anilines is 1. The van der Waals surface area contributed by atoms with E-state index in [2.05, 4.69) is 33.0 Å². The van der Waals surface area contributed by atoms with Crippen LogP contribution >= 0.6 is 23.1 Å². The average molecular weight is 427 g/mol. The first-order valence-corrected chi connectivity index (χ1v) is 11.2. The van der Waals surface area contributed by atoms with Crippen LogP contribution in [0.25, 0.3) is 0 Å². The fourth-order valence-corrected chi connectivity index (χ4v) is 4.19. The molecule has 0 spiro atoms. The first-order chi connectivity index (χ1) is 14.2. The first kappa shape index (κ1) is 21.0. The fraction of sp³-hybridized carbons (Fsp3) is 0.238. The number of carbonyl (C=O) groups excluding carboxylic acids is 2. The van der Waals surface area contributed by atoms with Crippen LogP contribution in [0.5, 0.6) is 0 Å². The van der Waals surface area contributed by atoms with E-state index >= 15 is 0 Å². The van der Waals surface area contributed by atoms with Crippen molar-refractivity contribution >= 4 is 40.6 Å². The molecule has 0 bridgehead atoms. The molecule has 0 aliphatic carbocycles. The Morgan fingerprint density at radius 2 is 1.69 bits per heavy atom. The second-order valence-electron chi connectivity index (χ2n) is 6.25. The summed E-state index contributed by atoms with van der Waals surface area (Å²) in [5.41, 5.74) is 1.99. The van der Waals surface area contributed by atoms with Gasteiger partial charge in [0, 0.05) is 18.0 Å². The van der Waals surface area contributed by atoms with Gasteiger partial charge >= 0.3 is 0 Å². The van der Waals surface area contributed by atoms with Crippen molar-refractivity contribution in [3.8, 4) is 0 Å². The minimum atomic E-state index is -0.277. The number of nitrogens with one attached hydrogen (secondary N) is 2. The minimum absolute atomic E-state index is 0.00891. The van der Waals surface area contributed by atoms with Crippen molar-refractivity contribution < 1.29 is 9.59 Å². The van der Waals surface area contributed by atoms with Crippen molar-refractivity contribution in [2.75, 3.05) is 17.6 Å². The molecule has 6 nitrogen and oxygen atoms in total. The number of benzene rings is 2. The summed E-state index contributed by atoms with van der Waals surface area (Å²) in [6.07, 6.45) is 1.86. The van der Waals surface area contributed by atoms with E-state index in [-0.39, 0.29) is 11.8 Å². The normalized spacial score (nSPS) is 10.5. The number of para-hydroxylation sites is 1. The number of amides is 2. The highest BCUT2D eigenvalue weighted by Gasteiger charge is 2.13. The highest BCUT2D eigenvalue weighted by atomic mass is 32.2. The van der Waals surface area contributed by atoms with Crippen LogP contribution < -0.4 is 10.6 Å². The molecule has 0 atom stereocenters. The van der Waals surface area contributed by atoms with Gasteiger partial charge in [0.05, 0.1) is 5.75 Å². The zero-order chi connectivity index (χ0) is 20.3. The molecule has 0 aliphatic heterocycles. The lowest BCUT2D eigenvalue weighted by Crippen LogP contribution is -2.26. The molecule has 0 fully saturated rings. The zero-order valence-corrected chi connectivity index (χ0v) is 17.5. The van der Waals surface area contributed by atoms with Crippen LogP contribution in [-0.2, 0) is 17.0 Å². The topological polar surface area (TPSA) is 84.0 Å². The molecule has 0 radical (unpaired) electrons. The lowest BCUT2D eigenvalue weighted by Gasteiger charge is -2.05. The molecular formula is C21H22N4O2S2. The van der Waals surface area contributed by atoms with E-state index in [0.717, 1.165) is 17.8 Å². The zero-order valence-electron chi connectivity index (χ0n) is 15.8. The number of aryl methyl sites for hydroxylation is 1. The van der Waals surface area contributed by atoms with E-state index < -0.39 is 0 Å². The van der Waals surface area contributed by atoms with Crippen LogP contribution in [0, 0.1) is 0 Å². The maximum atomic E-state index is 12.2. The van der Waals surface area contributed by atoms with Gasteiger partial charge in [-0.2, -0.15) is 0 Å². The number of carbonyl (C=O) groups is 2. The lowest BCUT2D eigenvalue weighted by molar-refractivity contribution is -0.118. The molecule has 2 aromatic carbocycles. The Labute approximate surface area is 178 Å². The lowest BCUT2D eigenvalue weighted by atomic mass is 10.1. The van der Waals surface area contributed by atoms with Crippen molar-refractivity contribution in [1.29, 1.82) is 0 Å². The fourth-order valence-electron chi connectivity index (χ4n) is 2.56. The van der Waals surface area contributed by atoms with Crippen molar-refractivity contribution in [3.63, 3.8) is 0 Å². The molecule has 29 heavy (non-hydrogen) atoms. The van der Waals surface area contributed by atoms with Gasteiger partial charge in [-0.3, -0.25) is 9.59 Å². The predicted molar refractivity (Wildman–Crippen MR) is 118 cm³/mol. The van der Waals surface area contributed by atoms with E-state index in [9.17, 15) is 9.59 Å². The standard InChI is InChI=1S/C21H22N4O2S2/c26-18(22-13-7-10-16-8-3-1-4-9-16)14-28-15-19-24-25-21(29-19)20(27)23-17-11-5-2-6-12-17/h1-6,8-9,11-12H,7,10,13-15H2,(H,22,26)(H,23,27). The summed E-state index contributed by atoms with van der Waals surface area (Å²) in [6.45, 7) is 0.664. The summed E-state index contributed by atoms with van der Waals surface area (Å²) in [6, 6.07) is 19.4. The van der Waals surface area contributed by atoms with Crippen LogP contribution in [0.4, 0.5) is 5.69 Å². The van der Waals surface area contributed by atoms with Gasteiger partial charge in [0.2, 0.25) is 10.9 Å². The maximum Gasteiger partial charge on any atom is 0.286 e. The molecule has 0 saturated heterocycles. The summed E-state index contributed by atoms with van der Waals surface area (Å²) in [5, 5.41) is 14.7. The Morgan fingerprint density at radius 3 is 2.45 bits per heavy atom. The molecule has 0 aliphatic rings. The molecular weight excluding hydrogens is 404 g/mol. The van der Waals surface area contributed by atoms with Gasteiger partial charge in [-0.25, -0.2) is 0 Å². The van der Waals surface area contributed by atoms with E-state index in [1.54, 1.807) is 0 Å². The van der Waals surface area contributed by atoms with Gasteiger partial charge in [-0.05, 0) is 30.5 Å². The molecule has 2 amide bonds. The first-order valence-electron chi connectivity index (χ1n) is 9.28. The Kier molecular flexibility index (Phi) is 8.21. The quantitative estimate of drug-likeness (QED) is 0.482. The molecule has 1 heterocycles. The number of aromatic nitrogens is 2. The van der Waals surface area contributed by atoms with Crippen LogP contribution in [0.3, 0.4) is 0 Å². The van der Waals surface area contributed by atoms with Gasteiger partial charge in [0.1, 0.15) is 5.01 Å². The van der Waals surface area contributed by atoms with Gasteiger partial charge in [-0.1, -0.05) is 59.9 Å². The third-order valence-corrected chi connectivity index (χ3v) is 6.01. The van der Waals surface area contributed by atoms with Gasteiger partial charge < -0.3 is 10.6 Å². The van der Waals surface area contributed by atoms with Crippen LogP contribution in [0.1, 0.15) is 26.8 Å². The number of rotatable bonds is 10. The SMILES string of the molecule is O=C(CSCc1nnc(C(=O)Nc2ccccc2)s1)NCCCc1ccccc1. The van der Waals surface area contributed by atoms with Gasteiger partial charge in [-0.15, -0.1) is 22.0 Å². The number of nitrogens with zero attached hydrogens (tertiary/aromatic N) is 2. The van der Waals surface area contributed by atoms with E-state index in [0.29, 0.717) is 28.7 Å². The van der Waals surface area contributed by atoms with Gasteiger partial charge in [0.25, 0.3) is 5.91 Å². The largest absolute Gasteiger partial charge is 0.355 e. The highest BCUT2D eigenvalue weighted by molar-refractivity contribution is 7.99. The summed E-state index contributed by atoms with van der Waals surface area (Å²) in [5.74, 6) is 0.639. The summed E-state index contributed by atoms with van der Waals surface area (Å²) in [7, 11) is 0. The molecule has 2 N–H and O–H groups in total. The monoisotopic (exact) mass is 426 g/mol. The molecule has 1 aromatic heterocycles. The van der Waals surface area contributed by atoms with E-state index in [4.69, 9.17) is 0 Å². The number of thioether (sulfide) groups is 1. The summed E-state index contributed by atoms with van der Waals surface area (Å²) < 4.78 is 0. The summed E-state index contributed by atoms with van der Waals surface area (Å²) in [4.78, 5) is 24.1. The van der Waals surface area contributed by atoms with E-state index in [1.165, 1.54) is 28.7 Å². The van der Waals surface area contributed by atoms with Gasteiger partial charge in [0.15, 0.2) is 0 Å².